The van der Waals surface area contributed by atoms with Gasteiger partial charge in [0.05, 0.1) is 12.1 Å². The Morgan fingerprint density at radius 2 is 2.32 bits per heavy atom. The molecule has 1 aliphatic heterocycles. The van der Waals surface area contributed by atoms with E-state index in [1.165, 1.54) is 28.5 Å². The van der Waals surface area contributed by atoms with Gasteiger partial charge < -0.3 is 19.7 Å². The van der Waals surface area contributed by atoms with Gasteiger partial charge in [0.1, 0.15) is 6.10 Å². The Bertz CT molecular complexity index is 795. The van der Waals surface area contributed by atoms with E-state index in [0.717, 1.165) is 32.1 Å². The first-order chi connectivity index (χ1) is 14.9. The van der Waals surface area contributed by atoms with Gasteiger partial charge in [-0.1, -0.05) is 30.3 Å². The van der Waals surface area contributed by atoms with Gasteiger partial charge in [0.15, 0.2) is 10.0 Å². The van der Waals surface area contributed by atoms with Crippen LogP contribution in [0.25, 0.3) is 0 Å². The smallest absolute Gasteiger partial charge is 0.410 e. The van der Waals surface area contributed by atoms with Crippen molar-refractivity contribution in [2.75, 3.05) is 26.0 Å². The summed E-state index contributed by atoms with van der Waals surface area (Å²) in [7, 11) is 1.69. The molecule has 2 fully saturated rings. The van der Waals surface area contributed by atoms with Crippen molar-refractivity contribution in [2.24, 2.45) is 5.41 Å². The lowest BCUT2D eigenvalue weighted by molar-refractivity contribution is -0.0183. The summed E-state index contributed by atoms with van der Waals surface area (Å²) in [4.78, 5) is 29.0. The Labute approximate surface area is 190 Å². The van der Waals surface area contributed by atoms with Gasteiger partial charge in [0, 0.05) is 31.4 Å². The molecule has 3 atom stereocenters. The second kappa shape index (κ2) is 10.8. The number of cyclic esters (lactones) is 1. The zero-order valence-electron chi connectivity index (χ0n) is 17.9. The maximum Gasteiger partial charge on any atom is 0.410 e. The van der Waals surface area contributed by atoms with Crippen molar-refractivity contribution in [3.05, 3.63) is 23.2 Å². The van der Waals surface area contributed by atoms with E-state index in [-0.39, 0.29) is 29.3 Å². The summed E-state index contributed by atoms with van der Waals surface area (Å²) in [6.07, 6.45) is 7.48. The fourth-order valence-corrected chi connectivity index (χ4v) is 5.95. The van der Waals surface area contributed by atoms with Crippen molar-refractivity contribution in [1.82, 2.24) is 9.88 Å². The highest BCUT2D eigenvalue weighted by atomic mass is 32.2. The molecule has 1 aliphatic carbocycles. The molecule has 1 amide bonds. The number of thioether (sulfide) groups is 1. The molecule has 0 bridgehead atoms. The number of carbonyl (C=O) groups excluding carboxylic acids is 1. The molecule has 0 radical (unpaired) electrons. The summed E-state index contributed by atoms with van der Waals surface area (Å²) < 4.78 is 11.2. The number of rotatable bonds is 12. The molecule has 2 heterocycles. The number of carboxylic acid groups (broad SMARTS) is 1. The Morgan fingerprint density at radius 3 is 2.94 bits per heavy atom. The van der Waals surface area contributed by atoms with Crippen LogP contribution in [0.4, 0.5) is 4.79 Å². The number of carboxylic acids is 1. The monoisotopic (exact) mass is 470 g/mol. The fraction of sp³-hybridized carbons (Fsp3) is 0.667. The molecule has 1 unspecified atom stereocenters. The molecule has 1 aromatic rings. The van der Waals surface area contributed by atoms with Gasteiger partial charge in [-0.25, -0.2) is 14.6 Å². The molecule has 1 saturated heterocycles. The third kappa shape index (κ3) is 5.79. The van der Waals surface area contributed by atoms with E-state index < -0.39 is 12.1 Å². The van der Waals surface area contributed by atoms with Crippen molar-refractivity contribution in [3.63, 3.8) is 0 Å². The molecule has 31 heavy (non-hydrogen) atoms. The number of hydrogen-bond donors (Lipinski definition) is 2. The minimum Gasteiger partial charge on any atom is -0.476 e. The first kappa shape index (κ1) is 24.0. The molecule has 0 aromatic carbocycles. The van der Waals surface area contributed by atoms with Crippen LogP contribution in [0.2, 0.25) is 0 Å². The molecule has 172 valence electrons. The summed E-state index contributed by atoms with van der Waals surface area (Å²) in [6, 6.07) is -0.246. The Hall–Kier alpha value is -1.62. The lowest BCUT2D eigenvalue weighted by Crippen LogP contribution is -2.41. The molecular weight excluding hydrogens is 440 g/mol. The molecule has 0 spiro atoms. The normalized spacial score (nSPS) is 23.7. The minimum absolute atomic E-state index is 0.0342. The van der Waals surface area contributed by atoms with Crippen molar-refractivity contribution < 1.29 is 29.3 Å². The topological polar surface area (TPSA) is 109 Å². The minimum atomic E-state index is -1.05. The number of nitrogens with zero attached hydrogens (tertiary/aromatic N) is 2. The summed E-state index contributed by atoms with van der Waals surface area (Å²) >= 11 is 2.69. The third-order valence-electron chi connectivity index (χ3n) is 6.11. The number of aromatic carboxylic acids is 1. The quantitative estimate of drug-likeness (QED) is 0.271. The average Bonchev–Trinajstić information content (AvgIpc) is 3.27. The molecule has 1 aromatic heterocycles. The van der Waals surface area contributed by atoms with E-state index in [1.54, 1.807) is 12.0 Å². The molecule has 2 aliphatic rings. The van der Waals surface area contributed by atoms with Crippen molar-refractivity contribution in [1.29, 1.82) is 0 Å². The van der Waals surface area contributed by atoms with E-state index in [1.807, 2.05) is 19.1 Å². The summed E-state index contributed by atoms with van der Waals surface area (Å²) in [5.74, 6) is -0.474. The van der Waals surface area contributed by atoms with Gasteiger partial charge in [-0.2, -0.15) is 0 Å². The number of ether oxygens (including phenoxy) is 2. The zero-order chi connectivity index (χ0) is 22.4. The van der Waals surface area contributed by atoms with E-state index in [9.17, 15) is 14.7 Å². The van der Waals surface area contributed by atoms with Crippen molar-refractivity contribution in [2.45, 2.75) is 61.6 Å². The predicted octanol–water partition coefficient (Wildman–Crippen LogP) is 3.66. The number of aliphatic hydroxyl groups is 1. The molecule has 8 nitrogen and oxygen atoms in total. The lowest BCUT2D eigenvalue weighted by atomic mass is 9.62. The highest BCUT2D eigenvalue weighted by Crippen LogP contribution is 2.48. The maximum absolute atomic E-state index is 12.3. The van der Waals surface area contributed by atoms with E-state index in [4.69, 9.17) is 14.6 Å². The van der Waals surface area contributed by atoms with Crippen LogP contribution in [0.5, 0.6) is 0 Å². The predicted molar refractivity (Wildman–Crippen MR) is 119 cm³/mol. The van der Waals surface area contributed by atoms with Gasteiger partial charge in [-0.15, -0.1) is 11.3 Å². The summed E-state index contributed by atoms with van der Waals surface area (Å²) in [6.45, 7) is 2.99. The van der Waals surface area contributed by atoms with Crippen LogP contribution in [0, 0.1) is 5.41 Å². The van der Waals surface area contributed by atoms with Crippen LogP contribution in [-0.4, -0.2) is 76.4 Å². The van der Waals surface area contributed by atoms with Gasteiger partial charge in [-0.3, -0.25) is 4.90 Å². The summed E-state index contributed by atoms with van der Waals surface area (Å²) in [5, 5.41) is 21.3. The first-order valence-corrected chi connectivity index (χ1v) is 12.4. The summed E-state index contributed by atoms with van der Waals surface area (Å²) in [5.41, 5.74) is -0.0540. The largest absolute Gasteiger partial charge is 0.476 e. The lowest BCUT2D eigenvalue weighted by Gasteiger charge is -2.45. The number of amides is 1. The third-order valence-corrected chi connectivity index (χ3v) is 8.11. The maximum atomic E-state index is 12.3. The molecule has 10 heteroatoms. The fourth-order valence-electron chi connectivity index (χ4n) is 4.14. The van der Waals surface area contributed by atoms with Gasteiger partial charge in [0.25, 0.3) is 0 Å². The number of hydrogen-bond acceptors (Lipinski definition) is 8. The molecule has 3 rings (SSSR count). The second-order valence-electron chi connectivity index (χ2n) is 8.07. The average molecular weight is 471 g/mol. The Balaban J connectivity index is 1.56. The van der Waals surface area contributed by atoms with Crippen molar-refractivity contribution >= 4 is 35.2 Å². The van der Waals surface area contributed by atoms with Crippen LogP contribution >= 0.6 is 23.1 Å². The van der Waals surface area contributed by atoms with Crippen LogP contribution in [0.15, 0.2) is 21.9 Å². The number of aliphatic hydroxyl groups excluding tert-OH is 1. The van der Waals surface area contributed by atoms with E-state index >= 15 is 0 Å². The van der Waals surface area contributed by atoms with Crippen LogP contribution in [-0.2, 0) is 9.47 Å². The number of methoxy groups -OCH3 is 1. The van der Waals surface area contributed by atoms with Crippen molar-refractivity contribution in [3.8, 4) is 0 Å². The van der Waals surface area contributed by atoms with Gasteiger partial charge in [0.2, 0.25) is 0 Å². The SMILES string of the molecule is COCCCC1(C(O)/C=C/[C@H]2[C@H](C)OC(=O)N2CCSc2nc(C(=O)O)cs2)CCC1. The highest BCUT2D eigenvalue weighted by Gasteiger charge is 2.42. The van der Waals surface area contributed by atoms with Gasteiger partial charge in [-0.05, 0) is 38.0 Å². The number of carbonyl (C=O) groups is 2. The molecule has 1 saturated carbocycles. The van der Waals surface area contributed by atoms with Crippen LogP contribution in [0.1, 0.15) is 49.5 Å². The highest BCUT2D eigenvalue weighted by molar-refractivity contribution is 8.01. The zero-order valence-corrected chi connectivity index (χ0v) is 19.5. The van der Waals surface area contributed by atoms with E-state index in [0.29, 0.717) is 23.2 Å². The second-order valence-corrected chi connectivity index (χ2v) is 10.3. The van der Waals surface area contributed by atoms with Crippen LogP contribution in [0.3, 0.4) is 0 Å². The number of thiazole rings is 1. The number of aromatic nitrogens is 1. The standard InChI is InChI=1S/C21H30N2O6S2/c1-14-16(5-6-17(24)21(7-3-8-21)9-4-11-28-2)23(20(27)29-14)10-12-30-19-22-15(13-31-19)18(25)26/h5-6,13-14,16-17,24H,3-4,7-12H2,1-2H3,(H,25,26)/b6-5+/t14-,16-,17?/m0/s1. The van der Waals surface area contributed by atoms with E-state index in [2.05, 4.69) is 4.98 Å². The van der Waals surface area contributed by atoms with Gasteiger partial charge >= 0.3 is 12.1 Å². The van der Waals surface area contributed by atoms with Crippen LogP contribution < -0.4 is 0 Å². The Kier molecular flexibility index (Phi) is 8.37. The molecular formula is C21H30N2O6S2. The molecule has 2 N–H and O–H groups in total. The first-order valence-electron chi connectivity index (χ1n) is 10.5. The Morgan fingerprint density at radius 1 is 1.55 bits per heavy atom.